The number of hydrogen-bond donors (Lipinski definition) is 0. The summed E-state index contributed by atoms with van der Waals surface area (Å²) < 4.78 is 3.46. The Morgan fingerprint density at radius 2 is 1.29 bits per heavy atom. The summed E-state index contributed by atoms with van der Waals surface area (Å²) in [4.78, 5) is 7.60. The molecule has 0 atom stereocenters. The zero-order valence-electron chi connectivity index (χ0n) is 9.40. The van der Waals surface area contributed by atoms with E-state index in [1.54, 1.807) is 33.9 Å². The smallest absolute Gasteiger partial charge is 0.0254 e. The third-order valence-electron chi connectivity index (χ3n) is 1.87. The van der Waals surface area contributed by atoms with E-state index in [1.807, 2.05) is 14.1 Å². The van der Waals surface area contributed by atoms with E-state index in [0.29, 0.717) is 11.6 Å². The van der Waals surface area contributed by atoms with E-state index in [2.05, 4.69) is 21.8 Å². The van der Waals surface area contributed by atoms with Crippen LogP contribution in [0.2, 0.25) is 0 Å². The molecule has 2 rings (SSSR count). The van der Waals surface area contributed by atoms with Gasteiger partial charge in [0.05, 0.1) is 0 Å². The predicted octanol–water partition coefficient (Wildman–Crippen LogP) is 0.713. The Hall–Kier alpha value is -1.72. The summed E-state index contributed by atoms with van der Waals surface area (Å²) in [5.74, 6) is 5.47. The van der Waals surface area contributed by atoms with E-state index in [-0.39, 0.29) is 22.4 Å². The molecule has 91 valence electrons. The van der Waals surface area contributed by atoms with Crippen LogP contribution in [0.4, 0.5) is 0 Å². The molecule has 0 aliphatic rings. The van der Waals surface area contributed by atoms with Crippen LogP contribution in [-0.2, 0) is 36.5 Å². The van der Waals surface area contributed by atoms with Crippen LogP contribution in [0.15, 0.2) is 24.8 Å². The zero-order valence-corrected chi connectivity index (χ0v) is 11.6. The molecule has 0 N–H and O–H groups in total. The minimum Gasteiger partial charge on any atom is -0.406 e. The molecule has 2 aromatic rings. The third kappa shape index (κ3) is 4.34. The summed E-state index contributed by atoms with van der Waals surface area (Å²) in [7, 11) is 3.65. The first-order valence-electron chi connectivity index (χ1n) is 4.49. The van der Waals surface area contributed by atoms with Crippen LogP contribution < -0.4 is 0 Å². The quantitative estimate of drug-likeness (QED) is 0.367. The average molecular weight is 407 g/mol. The van der Waals surface area contributed by atoms with Crippen molar-refractivity contribution in [1.29, 1.82) is 0 Å². The van der Waals surface area contributed by atoms with E-state index in [4.69, 9.17) is 12.8 Å². The van der Waals surface area contributed by atoms with E-state index in [1.165, 1.54) is 0 Å². The van der Waals surface area contributed by atoms with Gasteiger partial charge in [-0.3, -0.25) is 11.8 Å². The molecule has 0 bridgehead atoms. The van der Waals surface area contributed by atoms with E-state index in [0.717, 1.165) is 0 Å². The van der Waals surface area contributed by atoms with Gasteiger partial charge in [0.1, 0.15) is 0 Å². The summed E-state index contributed by atoms with van der Waals surface area (Å²) in [6, 6.07) is 0. The third-order valence-corrected chi connectivity index (χ3v) is 1.87. The molecule has 1 radical (unpaired) electrons. The molecule has 0 saturated carbocycles. The molecule has 17 heavy (non-hydrogen) atoms. The van der Waals surface area contributed by atoms with Crippen LogP contribution in [0.3, 0.4) is 0 Å². The van der Waals surface area contributed by atoms with Crippen LogP contribution in [-0.4, -0.2) is 19.1 Å². The second kappa shape index (κ2) is 7.54. The minimum atomic E-state index is 0. The Bertz CT molecular complexity index is 489. The molecule has 0 spiro atoms. The number of nitrogens with zero attached hydrogens (tertiary/aromatic N) is 4. The maximum absolute atomic E-state index is 6.67. The van der Waals surface area contributed by atoms with Crippen molar-refractivity contribution in [3.63, 3.8) is 0 Å². The van der Waals surface area contributed by atoms with E-state index >= 15 is 0 Å². The van der Waals surface area contributed by atoms with Crippen molar-refractivity contribution in [3.05, 3.63) is 49.3 Å². The summed E-state index contributed by atoms with van der Waals surface area (Å²) in [5.41, 5.74) is 0. The second-order valence-corrected chi connectivity index (χ2v) is 2.97. The fourth-order valence-corrected chi connectivity index (χ4v) is 0.972. The zero-order chi connectivity index (χ0) is 12.0. The topological polar surface area (TPSA) is 35.6 Å². The van der Waals surface area contributed by atoms with Gasteiger partial charge >= 0.3 is 0 Å². The van der Waals surface area contributed by atoms with Gasteiger partial charge in [0, 0.05) is 58.8 Å². The number of aromatic nitrogens is 4. The minimum absolute atomic E-state index is 0. The van der Waals surface area contributed by atoms with Gasteiger partial charge < -0.3 is 31.9 Å². The Morgan fingerprint density at radius 1 is 0.941 bits per heavy atom. The van der Waals surface area contributed by atoms with Crippen LogP contribution in [0.1, 0.15) is 11.6 Å². The van der Waals surface area contributed by atoms with Gasteiger partial charge in [-0.1, -0.05) is 0 Å². The number of imidazole rings is 2. The molecule has 0 fully saturated rings. The second-order valence-electron chi connectivity index (χ2n) is 2.97. The first-order valence-corrected chi connectivity index (χ1v) is 4.49. The van der Waals surface area contributed by atoms with Crippen molar-refractivity contribution in [2.45, 2.75) is 0 Å². The SMILES string of the molecule is [Au].[C-]#Cc1nccn1C.[C-]#Cc1nccn1C. The standard InChI is InChI=1S/2C6H5N2.Au/c2*1-3-6-7-4-5-8(6)2;/h2*4-5H,2H3;/q2*-1;. The molecule has 0 unspecified atom stereocenters. The molecule has 5 heteroatoms. The summed E-state index contributed by atoms with van der Waals surface area (Å²) in [6.07, 6.45) is 20.2. The van der Waals surface area contributed by atoms with Crippen LogP contribution in [0, 0.1) is 24.7 Å². The molecule has 0 saturated heterocycles. The van der Waals surface area contributed by atoms with Crippen molar-refractivity contribution >= 4 is 0 Å². The van der Waals surface area contributed by atoms with Crippen LogP contribution >= 0.6 is 0 Å². The van der Waals surface area contributed by atoms with Gasteiger partial charge in [-0.05, 0) is 14.1 Å². The Morgan fingerprint density at radius 3 is 1.41 bits per heavy atom. The fourth-order valence-electron chi connectivity index (χ4n) is 0.972. The average Bonchev–Trinajstić information content (AvgIpc) is 2.87. The number of aryl methyl sites for hydroxylation is 2. The first-order chi connectivity index (χ1) is 7.69. The van der Waals surface area contributed by atoms with Crippen molar-refractivity contribution in [3.8, 4) is 11.8 Å². The first kappa shape index (κ1) is 15.3. The van der Waals surface area contributed by atoms with Gasteiger partial charge in [-0.15, -0.1) is 0 Å². The molecule has 0 amide bonds. The molecule has 0 aromatic carbocycles. The van der Waals surface area contributed by atoms with Crippen LogP contribution in [0.25, 0.3) is 0 Å². The molecular weight excluding hydrogens is 397 g/mol. The Balaban J connectivity index is 0.000000284. The van der Waals surface area contributed by atoms with Crippen molar-refractivity contribution in [2.24, 2.45) is 14.1 Å². The normalized spacial score (nSPS) is 8.00. The van der Waals surface area contributed by atoms with E-state index < -0.39 is 0 Å². The number of rotatable bonds is 0. The van der Waals surface area contributed by atoms with Gasteiger partial charge in [0.25, 0.3) is 0 Å². The molecule has 0 aliphatic heterocycles. The summed E-state index contributed by atoms with van der Waals surface area (Å²) in [6.45, 7) is 0. The molecule has 2 heterocycles. The maximum Gasteiger partial charge on any atom is 0.0254 e. The summed E-state index contributed by atoms with van der Waals surface area (Å²) >= 11 is 0. The van der Waals surface area contributed by atoms with E-state index in [9.17, 15) is 0 Å². The fraction of sp³-hybridized carbons (Fsp3) is 0.167. The Labute approximate surface area is 117 Å². The Kier molecular flexibility index (Phi) is 6.77. The molecule has 0 aliphatic carbocycles. The van der Waals surface area contributed by atoms with Crippen molar-refractivity contribution in [1.82, 2.24) is 19.1 Å². The maximum atomic E-state index is 6.67. The largest absolute Gasteiger partial charge is 0.406 e. The van der Waals surface area contributed by atoms with Gasteiger partial charge in [0.15, 0.2) is 0 Å². The van der Waals surface area contributed by atoms with Gasteiger partial charge in [-0.2, -0.15) is 0 Å². The van der Waals surface area contributed by atoms with Gasteiger partial charge in [-0.25, -0.2) is 0 Å². The van der Waals surface area contributed by atoms with Crippen LogP contribution in [0.5, 0.6) is 0 Å². The summed E-state index contributed by atoms with van der Waals surface area (Å²) in [5, 5.41) is 0. The monoisotopic (exact) mass is 407 g/mol. The van der Waals surface area contributed by atoms with Crippen molar-refractivity contribution in [2.75, 3.05) is 0 Å². The molecular formula is C12H10AuN4-2. The van der Waals surface area contributed by atoms with Crippen molar-refractivity contribution < 1.29 is 22.4 Å². The molecule has 2 aromatic heterocycles. The number of hydrogen-bond acceptors (Lipinski definition) is 2. The molecule has 4 nitrogen and oxygen atoms in total. The predicted molar refractivity (Wildman–Crippen MR) is 58.9 cm³/mol. The van der Waals surface area contributed by atoms with Gasteiger partial charge in [0.2, 0.25) is 0 Å².